The van der Waals surface area contributed by atoms with Crippen LogP contribution in [0.15, 0.2) is 29.5 Å². The van der Waals surface area contributed by atoms with Gasteiger partial charge in [0.25, 0.3) is 0 Å². The molecule has 6 atom stereocenters. The molecule has 3 aliphatic rings. The first kappa shape index (κ1) is 16.9. The summed E-state index contributed by atoms with van der Waals surface area (Å²) >= 11 is 0. The molecule has 1 aromatic carbocycles. The summed E-state index contributed by atoms with van der Waals surface area (Å²) in [6, 6.07) is 5.40. The van der Waals surface area contributed by atoms with Crippen LogP contribution in [0.3, 0.4) is 0 Å². The maximum atomic E-state index is 10.8. The van der Waals surface area contributed by atoms with Gasteiger partial charge >= 0.3 is 0 Å². The van der Waals surface area contributed by atoms with Crippen molar-refractivity contribution in [2.45, 2.75) is 63.9 Å². The highest BCUT2D eigenvalue weighted by Gasteiger charge is 2.58. The molecule has 0 spiro atoms. The number of aromatic hydroxyl groups is 1. The Morgan fingerprint density at radius 2 is 2.04 bits per heavy atom. The summed E-state index contributed by atoms with van der Waals surface area (Å²) in [6.07, 6.45) is 0.664. The highest BCUT2D eigenvalue weighted by Crippen LogP contribution is 2.61. The van der Waals surface area contributed by atoms with Crippen LogP contribution in [0.5, 0.6) is 5.75 Å². The Morgan fingerprint density at radius 3 is 2.76 bits per heavy atom. The van der Waals surface area contributed by atoms with E-state index in [9.17, 15) is 20.4 Å². The second-order valence-corrected chi connectivity index (χ2v) is 8.07. The molecule has 5 heteroatoms. The molecule has 136 valence electrons. The number of fused-ring (bicyclic) bond motifs is 5. The zero-order valence-electron chi connectivity index (χ0n) is 14.6. The summed E-state index contributed by atoms with van der Waals surface area (Å²) in [5.41, 5.74) is 2.86. The van der Waals surface area contributed by atoms with Crippen molar-refractivity contribution in [2.75, 3.05) is 0 Å². The number of benzene rings is 1. The minimum Gasteiger partial charge on any atom is -0.512 e. The Labute approximate surface area is 147 Å². The summed E-state index contributed by atoms with van der Waals surface area (Å²) in [5.74, 6) is 0.744. The van der Waals surface area contributed by atoms with Crippen LogP contribution < -0.4 is 0 Å². The fourth-order valence-corrected chi connectivity index (χ4v) is 5.48. The third-order valence-electron chi connectivity index (χ3n) is 6.53. The van der Waals surface area contributed by atoms with Crippen molar-refractivity contribution in [1.82, 2.24) is 0 Å². The van der Waals surface area contributed by atoms with Gasteiger partial charge in [-0.1, -0.05) is 13.0 Å². The van der Waals surface area contributed by atoms with Gasteiger partial charge in [-0.15, -0.1) is 0 Å². The Hall–Kier alpha value is -1.56. The molecule has 25 heavy (non-hydrogen) atoms. The van der Waals surface area contributed by atoms with Crippen molar-refractivity contribution in [2.24, 2.45) is 11.3 Å². The van der Waals surface area contributed by atoms with Crippen LogP contribution in [-0.4, -0.2) is 38.9 Å². The summed E-state index contributed by atoms with van der Waals surface area (Å²) in [5, 5.41) is 40.8. The standard InChI is InChI=1S/C20H26O5/c1-10(21)25-19-17(24)9-15-18-14(5-6-20(15,19)2)13-4-3-12(22)7-11(13)8-16(18)23/h3-4,7,10,14-15,17,19,21-24H,5-6,8-9H2,1-2H3/t10?,14?,15?,17-,19+,20+/m1/s1. The molecule has 5 nitrogen and oxygen atoms in total. The van der Waals surface area contributed by atoms with Crippen LogP contribution in [0.1, 0.15) is 50.2 Å². The average Bonchev–Trinajstić information content (AvgIpc) is 2.78. The average molecular weight is 346 g/mol. The molecular formula is C20H26O5. The van der Waals surface area contributed by atoms with E-state index in [0.717, 1.165) is 24.0 Å². The highest BCUT2D eigenvalue weighted by atomic mass is 16.6. The molecule has 3 unspecified atom stereocenters. The Bertz CT molecular complexity index is 725. The number of rotatable bonds is 2. The van der Waals surface area contributed by atoms with E-state index in [2.05, 4.69) is 6.92 Å². The van der Waals surface area contributed by atoms with Crippen molar-refractivity contribution >= 4 is 0 Å². The van der Waals surface area contributed by atoms with Gasteiger partial charge < -0.3 is 25.2 Å². The van der Waals surface area contributed by atoms with Crippen molar-refractivity contribution in [3.05, 3.63) is 40.7 Å². The number of ether oxygens (including phenoxy) is 1. The topological polar surface area (TPSA) is 90.2 Å². The van der Waals surface area contributed by atoms with E-state index in [-0.39, 0.29) is 23.0 Å². The number of hydrogen-bond acceptors (Lipinski definition) is 5. The molecule has 2 fully saturated rings. The lowest BCUT2D eigenvalue weighted by molar-refractivity contribution is -0.180. The predicted octanol–water partition coefficient (Wildman–Crippen LogP) is 2.75. The molecule has 0 saturated heterocycles. The third kappa shape index (κ3) is 2.48. The van der Waals surface area contributed by atoms with Crippen LogP contribution in [0, 0.1) is 11.3 Å². The largest absolute Gasteiger partial charge is 0.512 e. The number of aliphatic hydroxyl groups excluding tert-OH is 3. The predicted molar refractivity (Wildman–Crippen MR) is 92.2 cm³/mol. The Morgan fingerprint density at radius 1 is 1.28 bits per heavy atom. The van der Waals surface area contributed by atoms with E-state index in [1.807, 2.05) is 6.07 Å². The van der Waals surface area contributed by atoms with Crippen LogP contribution in [0.4, 0.5) is 0 Å². The van der Waals surface area contributed by atoms with E-state index in [4.69, 9.17) is 4.74 Å². The third-order valence-corrected chi connectivity index (χ3v) is 6.53. The zero-order chi connectivity index (χ0) is 17.9. The molecular weight excluding hydrogens is 320 g/mol. The van der Waals surface area contributed by atoms with Gasteiger partial charge in [0.15, 0.2) is 6.29 Å². The summed E-state index contributed by atoms with van der Waals surface area (Å²) in [6.45, 7) is 3.67. The summed E-state index contributed by atoms with van der Waals surface area (Å²) < 4.78 is 5.66. The number of phenols is 1. The maximum absolute atomic E-state index is 10.8. The van der Waals surface area contributed by atoms with Gasteiger partial charge in [-0.25, -0.2) is 0 Å². The van der Waals surface area contributed by atoms with Gasteiger partial charge in [0.2, 0.25) is 0 Å². The van der Waals surface area contributed by atoms with Crippen molar-refractivity contribution in [3.63, 3.8) is 0 Å². The zero-order valence-corrected chi connectivity index (χ0v) is 14.6. The number of phenolic OH excluding ortho intramolecular Hbond substituents is 1. The second kappa shape index (κ2) is 5.73. The molecule has 1 aromatic rings. The van der Waals surface area contributed by atoms with E-state index < -0.39 is 18.5 Å². The molecule has 0 aromatic heterocycles. The van der Waals surface area contributed by atoms with Crippen molar-refractivity contribution in [1.29, 1.82) is 0 Å². The fourth-order valence-electron chi connectivity index (χ4n) is 5.48. The number of allylic oxidation sites excluding steroid dienone is 2. The fraction of sp³-hybridized carbons (Fsp3) is 0.600. The molecule has 3 aliphatic carbocycles. The second-order valence-electron chi connectivity index (χ2n) is 8.07. The maximum Gasteiger partial charge on any atom is 0.152 e. The molecule has 0 radical (unpaired) electrons. The first-order valence-corrected chi connectivity index (χ1v) is 9.06. The van der Waals surface area contributed by atoms with Gasteiger partial charge in [0.1, 0.15) is 5.75 Å². The lowest BCUT2D eigenvalue weighted by Crippen LogP contribution is -2.44. The molecule has 2 saturated carbocycles. The molecule has 0 heterocycles. The van der Waals surface area contributed by atoms with Crippen LogP contribution in [0.25, 0.3) is 0 Å². The highest BCUT2D eigenvalue weighted by molar-refractivity contribution is 5.48. The van der Waals surface area contributed by atoms with Gasteiger partial charge in [0, 0.05) is 17.8 Å². The molecule has 0 amide bonds. The quantitative estimate of drug-likeness (QED) is 0.618. The van der Waals surface area contributed by atoms with Crippen LogP contribution >= 0.6 is 0 Å². The first-order chi connectivity index (χ1) is 11.8. The van der Waals surface area contributed by atoms with E-state index in [1.165, 1.54) is 5.56 Å². The SMILES string of the molecule is CC(O)O[C@H]1[C@H](O)CC2C3=C(O)Cc4cc(O)ccc4C3CC[C@@]21C. The van der Waals surface area contributed by atoms with Gasteiger partial charge in [-0.3, -0.25) is 0 Å². The number of hydrogen-bond donors (Lipinski definition) is 4. The number of aliphatic hydroxyl groups is 3. The van der Waals surface area contributed by atoms with Crippen molar-refractivity contribution in [3.8, 4) is 5.75 Å². The van der Waals surface area contributed by atoms with Gasteiger partial charge in [-0.2, -0.15) is 0 Å². The minimum atomic E-state index is -0.925. The minimum absolute atomic E-state index is 0.0342. The first-order valence-electron chi connectivity index (χ1n) is 9.06. The monoisotopic (exact) mass is 346 g/mol. The summed E-state index contributed by atoms with van der Waals surface area (Å²) in [7, 11) is 0. The van der Waals surface area contributed by atoms with Crippen LogP contribution in [-0.2, 0) is 11.2 Å². The summed E-state index contributed by atoms with van der Waals surface area (Å²) in [4.78, 5) is 0. The smallest absolute Gasteiger partial charge is 0.152 e. The Balaban J connectivity index is 1.74. The Kier molecular flexibility index (Phi) is 3.87. The molecule has 0 aliphatic heterocycles. The molecule has 4 rings (SSSR count). The van der Waals surface area contributed by atoms with Gasteiger partial charge in [-0.05, 0) is 60.9 Å². The normalized spacial score (nSPS) is 38.1. The lowest BCUT2D eigenvalue weighted by atomic mass is 9.59. The lowest BCUT2D eigenvalue weighted by Gasteiger charge is -2.47. The van der Waals surface area contributed by atoms with E-state index >= 15 is 0 Å². The van der Waals surface area contributed by atoms with E-state index in [0.29, 0.717) is 18.6 Å². The molecule has 4 N–H and O–H groups in total. The van der Waals surface area contributed by atoms with Gasteiger partial charge in [0.05, 0.1) is 18.0 Å². The van der Waals surface area contributed by atoms with Crippen molar-refractivity contribution < 1.29 is 25.2 Å². The van der Waals surface area contributed by atoms with Crippen LogP contribution in [0.2, 0.25) is 0 Å². The van der Waals surface area contributed by atoms with E-state index in [1.54, 1.807) is 19.1 Å². The molecule has 0 bridgehead atoms.